The second kappa shape index (κ2) is 8.01. The molecule has 0 fully saturated rings. The highest BCUT2D eigenvalue weighted by Crippen LogP contribution is 2.23. The Morgan fingerprint density at radius 3 is 2.56 bits per heavy atom. The maximum absolute atomic E-state index is 13.0. The molecule has 0 saturated heterocycles. The summed E-state index contributed by atoms with van der Waals surface area (Å²) in [5, 5.41) is 2.94. The first kappa shape index (κ1) is 18.6. The topological polar surface area (TPSA) is 81.4 Å². The van der Waals surface area contributed by atoms with Crippen LogP contribution in [0.5, 0.6) is 0 Å². The van der Waals surface area contributed by atoms with Gasteiger partial charge in [0.25, 0.3) is 5.91 Å². The van der Waals surface area contributed by atoms with Crippen LogP contribution in [0.3, 0.4) is 0 Å². The molecule has 1 amide bonds. The van der Waals surface area contributed by atoms with Gasteiger partial charge in [-0.05, 0) is 55.5 Å². The van der Waals surface area contributed by atoms with Crippen molar-refractivity contribution < 1.29 is 23.1 Å². The normalized spacial score (nSPS) is 11.7. The van der Waals surface area contributed by atoms with E-state index in [1.54, 1.807) is 12.1 Å². The molecule has 0 spiro atoms. The maximum atomic E-state index is 13.0. The maximum Gasteiger partial charge on any atom is 0.375 e. The van der Waals surface area contributed by atoms with Crippen LogP contribution in [-0.2, 0) is 9.53 Å². The molecular formula is C19H14ClFN2O4. The number of esters is 1. The smallest absolute Gasteiger partial charge is 0.375 e. The summed E-state index contributed by atoms with van der Waals surface area (Å²) in [5.74, 6) is -1.13. The fourth-order valence-electron chi connectivity index (χ4n) is 2.17. The molecule has 1 N–H and O–H groups in total. The van der Waals surface area contributed by atoms with Crippen LogP contribution in [0.4, 0.5) is 10.2 Å². The average molecular weight is 389 g/mol. The molecule has 138 valence electrons. The molecule has 0 aliphatic heterocycles. The zero-order valence-corrected chi connectivity index (χ0v) is 14.9. The number of furan rings is 1. The second-order valence-electron chi connectivity index (χ2n) is 5.57. The number of hydrogen-bond donors (Lipinski definition) is 1. The Labute approximate surface area is 158 Å². The van der Waals surface area contributed by atoms with Crippen LogP contribution in [0, 0.1) is 5.82 Å². The number of aromatic nitrogens is 1. The lowest BCUT2D eigenvalue weighted by molar-refractivity contribution is -0.123. The number of halogens is 2. The molecule has 1 unspecified atom stereocenters. The summed E-state index contributed by atoms with van der Waals surface area (Å²) in [6.45, 7) is 1.42. The van der Waals surface area contributed by atoms with E-state index in [9.17, 15) is 14.0 Å². The van der Waals surface area contributed by atoms with Crippen molar-refractivity contribution in [2.75, 3.05) is 5.32 Å². The number of carbonyl (C=O) groups excluding carboxylic acids is 2. The molecule has 0 bridgehead atoms. The van der Waals surface area contributed by atoms with Gasteiger partial charge in [0.05, 0.1) is 5.02 Å². The molecule has 2 heterocycles. The van der Waals surface area contributed by atoms with Gasteiger partial charge in [-0.1, -0.05) is 11.6 Å². The van der Waals surface area contributed by atoms with Gasteiger partial charge >= 0.3 is 5.97 Å². The number of carbonyl (C=O) groups is 2. The zero-order valence-electron chi connectivity index (χ0n) is 14.1. The van der Waals surface area contributed by atoms with Crippen molar-refractivity contribution in [3.05, 3.63) is 71.3 Å². The summed E-state index contributed by atoms with van der Waals surface area (Å²) in [7, 11) is 0. The van der Waals surface area contributed by atoms with E-state index in [1.807, 2.05) is 0 Å². The molecule has 3 rings (SSSR count). The fourth-order valence-corrected chi connectivity index (χ4v) is 2.28. The van der Waals surface area contributed by atoms with Gasteiger partial charge in [-0.2, -0.15) is 0 Å². The van der Waals surface area contributed by atoms with Crippen molar-refractivity contribution in [2.24, 2.45) is 0 Å². The van der Waals surface area contributed by atoms with E-state index in [4.69, 9.17) is 20.8 Å². The second-order valence-corrected chi connectivity index (χ2v) is 6.01. The molecule has 1 aromatic carbocycles. The Kier molecular flexibility index (Phi) is 5.52. The summed E-state index contributed by atoms with van der Waals surface area (Å²) in [6.07, 6.45) is 0.308. The number of rotatable bonds is 5. The predicted octanol–water partition coefficient (Wildman–Crippen LogP) is 4.32. The summed E-state index contributed by atoms with van der Waals surface area (Å²) >= 11 is 5.73. The molecular weight excluding hydrogens is 375 g/mol. The number of hydrogen-bond acceptors (Lipinski definition) is 5. The first-order chi connectivity index (χ1) is 12.9. The Bertz CT molecular complexity index is 955. The molecule has 2 aromatic heterocycles. The highest BCUT2D eigenvalue weighted by Gasteiger charge is 2.22. The zero-order chi connectivity index (χ0) is 19.4. The number of nitrogens with one attached hydrogen (secondary N) is 1. The van der Waals surface area contributed by atoms with E-state index >= 15 is 0 Å². The minimum Gasteiger partial charge on any atom is -0.449 e. The van der Waals surface area contributed by atoms with E-state index < -0.39 is 18.0 Å². The predicted molar refractivity (Wildman–Crippen MR) is 96.9 cm³/mol. The molecule has 6 nitrogen and oxygen atoms in total. The molecule has 27 heavy (non-hydrogen) atoms. The van der Waals surface area contributed by atoms with E-state index in [0.717, 1.165) is 0 Å². The van der Waals surface area contributed by atoms with Crippen molar-refractivity contribution in [3.63, 3.8) is 0 Å². The Morgan fingerprint density at radius 2 is 1.89 bits per heavy atom. The number of pyridine rings is 1. The monoisotopic (exact) mass is 388 g/mol. The highest BCUT2D eigenvalue weighted by atomic mass is 35.5. The third-order valence-electron chi connectivity index (χ3n) is 3.57. The van der Waals surface area contributed by atoms with Gasteiger partial charge in [-0.3, -0.25) is 4.79 Å². The molecule has 0 aliphatic carbocycles. The third kappa shape index (κ3) is 4.71. The molecule has 3 aromatic rings. The van der Waals surface area contributed by atoms with Gasteiger partial charge < -0.3 is 14.5 Å². The third-order valence-corrected chi connectivity index (χ3v) is 3.79. The lowest BCUT2D eigenvalue weighted by Crippen LogP contribution is -2.30. The van der Waals surface area contributed by atoms with Crippen LogP contribution in [0.25, 0.3) is 11.3 Å². The van der Waals surface area contributed by atoms with Crippen molar-refractivity contribution in [1.82, 2.24) is 4.98 Å². The van der Waals surface area contributed by atoms with Gasteiger partial charge in [-0.25, -0.2) is 14.2 Å². The van der Waals surface area contributed by atoms with Crippen LogP contribution in [0.1, 0.15) is 17.5 Å². The minimum atomic E-state index is -1.07. The van der Waals surface area contributed by atoms with Crippen molar-refractivity contribution >= 4 is 29.3 Å². The minimum absolute atomic E-state index is 0.0707. The van der Waals surface area contributed by atoms with Crippen LogP contribution in [0.2, 0.25) is 5.02 Å². The molecule has 0 radical (unpaired) electrons. The lowest BCUT2D eigenvalue weighted by Gasteiger charge is -2.12. The Hall–Kier alpha value is -3.19. The van der Waals surface area contributed by atoms with Gasteiger partial charge in [0.15, 0.2) is 6.10 Å². The molecule has 8 heteroatoms. The van der Waals surface area contributed by atoms with E-state index in [1.165, 1.54) is 49.5 Å². The standard InChI is InChI=1S/C19H14ClFN2O4/c1-11(18(24)23-17-9-4-13(20)10-22-17)26-19(25)16-8-7-15(27-16)12-2-5-14(21)6-3-12/h2-11H,1H3,(H,22,23,24). The first-order valence-corrected chi connectivity index (χ1v) is 8.29. The number of ether oxygens (including phenoxy) is 1. The summed E-state index contributed by atoms with van der Waals surface area (Å²) in [6, 6.07) is 11.7. The van der Waals surface area contributed by atoms with E-state index in [0.29, 0.717) is 16.3 Å². The van der Waals surface area contributed by atoms with Crippen LogP contribution in [-0.4, -0.2) is 23.0 Å². The lowest BCUT2D eigenvalue weighted by atomic mass is 10.2. The number of amides is 1. The van der Waals surface area contributed by atoms with Gasteiger partial charge in [-0.15, -0.1) is 0 Å². The fraction of sp³-hybridized carbons (Fsp3) is 0.105. The van der Waals surface area contributed by atoms with Crippen molar-refractivity contribution in [1.29, 1.82) is 0 Å². The summed E-state index contributed by atoms with van der Waals surface area (Å²) in [5.41, 5.74) is 0.607. The average Bonchev–Trinajstić information content (AvgIpc) is 3.14. The summed E-state index contributed by atoms with van der Waals surface area (Å²) < 4.78 is 23.5. The SMILES string of the molecule is CC(OC(=O)c1ccc(-c2ccc(F)cc2)o1)C(=O)Nc1ccc(Cl)cn1. The van der Waals surface area contributed by atoms with Gasteiger partial charge in [0, 0.05) is 11.8 Å². The Morgan fingerprint density at radius 1 is 1.15 bits per heavy atom. The number of benzene rings is 1. The first-order valence-electron chi connectivity index (χ1n) is 7.91. The molecule has 1 atom stereocenters. The van der Waals surface area contributed by atoms with Crippen molar-refractivity contribution in [2.45, 2.75) is 13.0 Å². The van der Waals surface area contributed by atoms with Gasteiger partial charge in [0.1, 0.15) is 17.4 Å². The Balaban J connectivity index is 1.61. The van der Waals surface area contributed by atoms with Crippen LogP contribution in [0.15, 0.2) is 59.1 Å². The van der Waals surface area contributed by atoms with Gasteiger partial charge in [0.2, 0.25) is 5.76 Å². The summed E-state index contributed by atoms with van der Waals surface area (Å²) in [4.78, 5) is 28.2. The number of anilines is 1. The van der Waals surface area contributed by atoms with Crippen LogP contribution >= 0.6 is 11.6 Å². The largest absolute Gasteiger partial charge is 0.449 e. The van der Waals surface area contributed by atoms with Crippen LogP contribution < -0.4 is 5.32 Å². The number of nitrogens with zero attached hydrogens (tertiary/aromatic N) is 1. The van der Waals surface area contributed by atoms with Crippen molar-refractivity contribution in [3.8, 4) is 11.3 Å². The molecule has 0 aliphatic rings. The van der Waals surface area contributed by atoms with E-state index in [2.05, 4.69) is 10.3 Å². The quantitative estimate of drug-likeness (QED) is 0.658. The van der Waals surface area contributed by atoms with E-state index in [-0.39, 0.29) is 17.4 Å². The highest BCUT2D eigenvalue weighted by molar-refractivity contribution is 6.30. The molecule has 0 saturated carbocycles.